The van der Waals surface area contributed by atoms with E-state index in [1.165, 1.54) is 12.7 Å². The van der Waals surface area contributed by atoms with E-state index in [1.54, 1.807) is 0 Å². The number of H-pyrrole nitrogens is 2. The van der Waals surface area contributed by atoms with Gasteiger partial charge in [0.1, 0.15) is 30.3 Å². The summed E-state index contributed by atoms with van der Waals surface area (Å²) in [5.41, 5.74) is 7.31. The van der Waals surface area contributed by atoms with Gasteiger partial charge >= 0.3 is 6.09 Å². The fourth-order valence-electron chi connectivity index (χ4n) is 9.37. The number of methoxy groups -OCH3 is 1. The van der Waals surface area contributed by atoms with E-state index < -0.39 is 38.8 Å². The van der Waals surface area contributed by atoms with E-state index in [4.69, 9.17) is 14.7 Å². The molecule has 1 aliphatic carbocycles. The third kappa shape index (κ3) is 8.41. The Morgan fingerprint density at radius 3 is 2.28 bits per heavy atom. The number of alkyl carbamates (subject to hydrolysis) is 1. The van der Waals surface area contributed by atoms with Crippen LogP contribution < -0.4 is 10.6 Å². The molecule has 3 aromatic carbocycles. The lowest BCUT2D eigenvalue weighted by atomic mass is 9.94. The second-order valence-electron chi connectivity index (χ2n) is 18.6. The van der Waals surface area contributed by atoms with Gasteiger partial charge in [-0.15, -0.1) is 0 Å². The van der Waals surface area contributed by atoms with Crippen LogP contribution in [-0.2, 0) is 19.1 Å². The van der Waals surface area contributed by atoms with Gasteiger partial charge < -0.3 is 40.2 Å². The minimum Gasteiger partial charge on any atom is -0.453 e. The number of hydrogen-bond donors (Lipinski definition) is 5. The molecule has 0 spiro atoms. The van der Waals surface area contributed by atoms with Gasteiger partial charge in [0.15, 0.2) is 0 Å². The van der Waals surface area contributed by atoms with Crippen LogP contribution in [0.2, 0.25) is 19.1 Å². The molecule has 2 aromatic heterocycles. The van der Waals surface area contributed by atoms with E-state index in [0.717, 1.165) is 87.6 Å². The molecule has 5 N–H and O–H groups in total. The Labute approximate surface area is 357 Å². The maximum atomic E-state index is 14.0. The van der Waals surface area contributed by atoms with E-state index in [-0.39, 0.29) is 35.7 Å². The van der Waals surface area contributed by atoms with Crippen molar-refractivity contribution in [3.63, 3.8) is 0 Å². The third-order valence-electron chi connectivity index (χ3n) is 12.7. The van der Waals surface area contributed by atoms with E-state index in [1.807, 2.05) is 49.8 Å². The van der Waals surface area contributed by atoms with Gasteiger partial charge in [0, 0.05) is 23.7 Å². The maximum Gasteiger partial charge on any atom is 0.407 e. The van der Waals surface area contributed by atoms with E-state index in [0.29, 0.717) is 18.6 Å². The summed E-state index contributed by atoms with van der Waals surface area (Å²) in [5, 5.41) is 16.9. The minimum atomic E-state index is -1.77. The lowest BCUT2D eigenvalue weighted by Gasteiger charge is -2.30. The van der Waals surface area contributed by atoms with Crippen LogP contribution >= 0.6 is 0 Å². The molecule has 3 aliphatic rings. The first kappa shape index (κ1) is 42.2. The van der Waals surface area contributed by atoms with Crippen molar-refractivity contribution in [2.75, 3.05) is 26.4 Å². The molecular weight excluding hydrogens is 789 g/mol. The Morgan fingerprint density at radius 1 is 0.869 bits per heavy atom. The van der Waals surface area contributed by atoms with Gasteiger partial charge in [0.05, 0.1) is 50.2 Å². The lowest BCUT2D eigenvalue weighted by molar-refractivity contribution is -0.139. The van der Waals surface area contributed by atoms with Gasteiger partial charge in [-0.2, -0.15) is 0 Å². The van der Waals surface area contributed by atoms with Crippen LogP contribution in [0.1, 0.15) is 88.6 Å². The normalized spacial score (nSPS) is 19.8. The number of hydrogen-bond acceptors (Lipinski definition) is 8. The van der Waals surface area contributed by atoms with Gasteiger partial charge in [-0.05, 0) is 83.7 Å². The number of benzene rings is 3. The van der Waals surface area contributed by atoms with Gasteiger partial charge in [0.2, 0.25) is 17.7 Å². The lowest BCUT2D eigenvalue weighted by Crippen LogP contribution is -2.52. The smallest absolute Gasteiger partial charge is 0.407 e. The number of nitrogens with zero attached hydrogens (tertiary/aromatic N) is 4. The first-order valence-corrected chi connectivity index (χ1v) is 25.1. The molecule has 0 radical (unpaired) electrons. The number of aromatic amines is 2. The first-order valence-electron chi connectivity index (χ1n) is 21.6. The molecule has 5 aromatic rings. The maximum absolute atomic E-state index is 14.0. The second kappa shape index (κ2) is 16.7. The number of aliphatic hydroxyl groups is 1. The number of amides is 4. The zero-order valence-corrected chi connectivity index (χ0v) is 37.2. The highest BCUT2D eigenvalue weighted by molar-refractivity contribution is 6.78. The molecule has 2 aliphatic heterocycles. The summed E-state index contributed by atoms with van der Waals surface area (Å²) in [4.78, 5) is 72.8. The predicted octanol–water partition coefficient (Wildman–Crippen LogP) is 6.96. The number of carbonyl (C=O) groups excluding carboxylic acids is 4. The van der Waals surface area contributed by atoms with Crippen molar-refractivity contribution in [3.8, 4) is 22.4 Å². The van der Waals surface area contributed by atoms with Gasteiger partial charge in [-0.1, -0.05) is 77.2 Å². The average Bonchev–Trinajstić information content (AvgIpc) is 3.57. The quantitative estimate of drug-likeness (QED) is 0.0835. The number of imidazole rings is 2. The topological polar surface area (TPSA) is 186 Å². The number of carbonyl (C=O) groups is 4. The van der Waals surface area contributed by atoms with Crippen LogP contribution in [0.3, 0.4) is 0 Å². The Balaban J connectivity index is 1.05. The van der Waals surface area contributed by atoms with Gasteiger partial charge in [0.25, 0.3) is 0 Å². The molecule has 4 atom stereocenters. The van der Waals surface area contributed by atoms with Crippen molar-refractivity contribution in [2.24, 2.45) is 11.8 Å². The van der Waals surface area contributed by atoms with Gasteiger partial charge in [-0.25, -0.2) is 14.8 Å². The summed E-state index contributed by atoms with van der Waals surface area (Å²) in [5.74, 6) is 0.869. The summed E-state index contributed by atoms with van der Waals surface area (Å²) in [6.45, 7) is 12.1. The largest absolute Gasteiger partial charge is 0.453 e. The van der Waals surface area contributed by atoms with Crippen LogP contribution in [0.15, 0.2) is 54.7 Å². The average molecular weight is 847 g/mol. The highest BCUT2D eigenvalue weighted by atomic mass is 28.3. The molecule has 8 rings (SSSR count). The van der Waals surface area contributed by atoms with Crippen LogP contribution in [-0.4, -0.2) is 105 Å². The van der Waals surface area contributed by atoms with Crippen molar-refractivity contribution < 1.29 is 29.0 Å². The third-order valence-corrected chi connectivity index (χ3v) is 15.4. The molecule has 4 heterocycles. The van der Waals surface area contributed by atoms with Crippen LogP contribution in [0.25, 0.3) is 44.2 Å². The summed E-state index contributed by atoms with van der Waals surface area (Å²) >= 11 is 0. The summed E-state index contributed by atoms with van der Waals surface area (Å²) < 4.78 is 4.84. The summed E-state index contributed by atoms with van der Waals surface area (Å²) in [6.07, 6.45) is 5.82. The summed E-state index contributed by atoms with van der Waals surface area (Å²) in [7, 11) is -0.464. The molecule has 1 saturated carbocycles. The summed E-state index contributed by atoms with van der Waals surface area (Å²) in [6, 6.07) is 16.3. The van der Waals surface area contributed by atoms with Crippen LogP contribution in [0, 0.1) is 11.8 Å². The van der Waals surface area contributed by atoms with Gasteiger partial charge in [-0.3, -0.25) is 14.4 Å². The molecule has 2 saturated heterocycles. The number of aliphatic hydroxyl groups excluding tert-OH is 1. The highest BCUT2D eigenvalue weighted by Crippen LogP contribution is 2.46. The number of ether oxygens (including phenoxy) is 1. The molecule has 0 unspecified atom stereocenters. The van der Waals surface area contributed by atoms with E-state index in [2.05, 4.69) is 76.2 Å². The number of likely N-dealkylation sites (tertiary alicyclic amines) is 1. The Kier molecular flexibility index (Phi) is 11.6. The molecule has 14 nitrogen and oxygen atoms in total. The molecule has 61 heavy (non-hydrogen) atoms. The number of aromatic nitrogens is 4. The van der Waals surface area contributed by atoms with E-state index in [9.17, 15) is 24.3 Å². The number of rotatable bonds is 12. The SMILES string of the molecule is COC(=O)N[C@H](C(=O)N1C[Si](C)(C)C[C@H]1c1ncc(-c2ccc(-c3ccc4c(ccc5[nH]c([C@@H]6CCCN6C(=O)[C@@H](NC(=O)CO)C(C)C)nc54)c3)cc2C2CC2)[nH]1)C(C)C. The molecule has 0 bridgehead atoms. The molecular formula is C46H58N8O6Si. The standard InChI is InChI=1S/C46H58N8O6Si/c1-25(2)39(50-38(56)22-55)44(57)53-18-8-9-36(53)43-48-34-17-14-30-19-28(12-15-31(30)41(34)51-43)29-13-16-32(33(20-29)27-10-11-27)35-21-47-42(49-35)37-23-61(6,7)24-54(37)45(58)40(26(3)4)52-46(59)60-5/h12-17,19-21,25-27,36-37,39-40,55H,8-11,18,22-24H2,1-7H3,(H,47,49)(H,48,51)(H,50,56)(H,52,59)/t36-,37-,39-,40-/m0/s1. The van der Waals surface area contributed by atoms with Crippen LogP contribution in [0.5, 0.6) is 0 Å². The monoisotopic (exact) mass is 846 g/mol. The Bertz CT molecular complexity index is 2490. The fraction of sp³-hybridized carbons (Fsp3) is 0.478. The molecule has 4 amide bonds. The van der Waals surface area contributed by atoms with Crippen molar-refractivity contribution >= 4 is 53.7 Å². The number of nitrogens with one attached hydrogen (secondary N) is 4. The first-order chi connectivity index (χ1) is 29.2. The zero-order valence-electron chi connectivity index (χ0n) is 36.2. The predicted molar refractivity (Wildman–Crippen MR) is 237 cm³/mol. The molecule has 3 fully saturated rings. The highest BCUT2D eigenvalue weighted by Gasteiger charge is 2.46. The van der Waals surface area contributed by atoms with E-state index >= 15 is 0 Å². The zero-order chi connectivity index (χ0) is 43.3. The number of fused-ring (bicyclic) bond motifs is 3. The van der Waals surface area contributed by atoms with Crippen molar-refractivity contribution in [3.05, 3.63) is 71.9 Å². The fourth-order valence-corrected chi connectivity index (χ4v) is 12.3. The van der Waals surface area contributed by atoms with Crippen molar-refractivity contribution in [1.82, 2.24) is 40.4 Å². The Morgan fingerprint density at radius 2 is 1.57 bits per heavy atom. The second-order valence-corrected chi connectivity index (χ2v) is 23.7. The molecule has 322 valence electrons. The van der Waals surface area contributed by atoms with Crippen molar-refractivity contribution in [1.29, 1.82) is 0 Å². The Hall–Kier alpha value is -5.54. The van der Waals surface area contributed by atoms with Crippen LogP contribution in [0.4, 0.5) is 4.79 Å². The minimum absolute atomic E-state index is 0.108. The molecule has 15 heteroatoms. The van der Waals surface area contributed by atoms with Crippen molar-refractivity contribution in [2.45, 2.75) is 103 Å².